The minimum atomic E-state index is -0.224. The molecular formula is C25H22N4O2S. The van der Waals surface area contributed by atoms with Gasteiger partial charge in [0, 0.05) is 29.9 Å². The summed E-state index contributed by atoms with van der Waals surface area (Å²) in [6, 6.07) is 20.8. The van der Waals surface area contributed by atoms with Gasteiger partial charge in [0.2, 0.25) is 5.91 Å². The molecule has 2 N–H and O–H groups in total. The average Bonchev–Trinajstić information content (AvgIpc) is 3.29. The highest BCUT2D eigenvalue weighted by Crippen LogP contribution is 2.23. The molecule has 0 fully saturated rings. The second-order valence-electron chi connectivity index (χ2n) is 7.15. The number of thiazole rings is 1. The standard InChI is InChI=1S/C25H22N4O2S/c30-23(15-20-17-32-25(28-20)19-9-6-13-26-16-19)29-22-11-5-4-10-21(22)24(31)27-14-12-18-7-2-1-3-8-18/h1-11,13,16-17H,12,14-15H2,(H,27,31)(H,29,30). The quantitative estimate of drug-likeness (QED) is 0.425. The van der Waals surface area contributed by atoms with Gasteiger partial charge in [-0.2, -0.15) is 0 Å². The lowest BCUT2D eigenvalue weighted by Crippen LogP contribution is -2.27. The lowest BCUT2D eigenvalue weighted by atomic mass is 10.1. The Morgan fingerprint density at radius 2 is 1.75 bits per heavy atom. The molecule has 4 aromatic rings. The van der Waals surface area contributed by atoms with E-state index in [1.54, 1.807) is 36.7 Å². The molecule has 0 saturated carbocycles. The molecule has 0 aliphatic heterocycles. The zero-order chi connectivity index (χ0) is 22.2. The predicted molar refractivity (Wildman–Crippen MR) is 127 cm³/mol. The van der Waals surface area contributed by atoms with Crippen LogP contribution in [-0.4, -0.2) is 28.3 Å². The number of rotatable bonds is 8. The fraction of sp³-hybridized carbons (Fsp3) is 0.120. The first-order valence-corrected chi connectivity index (χ1v) is 11.1. The predicted octanol–water partition coefficient (Wildman–Crippen LogP) is 4.36. The highest BCUT2D eigenvalue weighted by atomic mass is 32.1. The molecule has 0 radical (unpaired) electrons. The van der Waals surface area contributed by atoms with Crippen LogP contribution in [0.3, 0.4) is 0 Å². The van der Waals surface area contributed by atoms with Gasteiger partial charge in [0.1, 0.15) is 5.01 Å². The number of nitrogens with zero attached hydrogens (tertiary/aromatic N) is 2. The van der Waals surface area contributed by atoms with E-state index in [0.29, 0.717) is 23.5 Å². The van der Waals surface area contributed by atoms with Crippen LogP contribution in [0.25, 0.3) is 10.6 Å². The molecule has 0 atom stereocenters. The van der Waals surface area contributed by atoms with Crippen LogP contribution in [0.15, 0.2) is 84.5 Å². The van der Waals surface area contributed by atoms with Crippen LogP contribution in [0.5, 0.6) is 0 Å². The fourth-order valence-electron chi connectivity index (χ4n) is 3.22. The summed E-state index contributed by atoms with van der Waals surface area (Å²) in [5.41, 5.74) is 3.67. The van der Waals surface area contributed by atoms with Crippen LogP contribution in [-0.2, 0) is 17.6 Å². The minimum Gasteiger partial charge on any atom is -0.352 e. The number of amides is 2. The highest BCUT2D eigenvalue weighted by Gasteiger charge is 2.14. The molecule has 0 unspecified atom stereocenters. The van der Waals surface area contributed by atoms with E-state index in [-0.39, 0.29) is 18.2 Å². The van der Waals surface area contributed by atoms with E-state index in [9.17, 15) is 9.59 Å². The summed E-state index contributed by atoms with van der Waals surface area (Å²) in [6.45, 7) is 0.515. The van der Waals surface area contributed by atoms with Crippen molar-refractivity contribution >= 4 is 28.8 Å². The SMILES string of the molecule is O=C(Cc1csc(-c2cccnc2)n1)Nc1ccccc1C(=O)NCCc1ccccc1. The van der Waals surface area contributed by atoms with Gasteiger partial charge < -0.3 is 10.6 Å². The van der Waals surface area contributed by atoms with Crippen molar-refractivity contribution in [1.82, 2.24) is 15.3 Å². The van der Waals surface area contributed by atoms with Gasteiger partial charge >= 0.3 is 0 Å². The molecule has 2 aromatic carbocycles. The lowest BCUT2D eigenvalue weighted by Gasteiger charge is -2.11. The molecular weight excluding hydrogens is 420 g/mol. The van der Waals surface area contributed by atoms with E-state index >= 15 is 0 Å². The number of aromatic nitrogens is 2. The number of para-hydroxylation sites is 1. The van der Waals surface area contributed by atoms with Crippen molar-refractivity contribution in [1.29, 1.82) is 0 Å². The summed E-state index contributed by atoms with van der Waals surface area (Å²) < 4.78 is 0. The average molecular weight is 443 g/mol. The summed E-state index contributed by atoms with van der Waals surface area (Å²) in [7, 11) is 0. The monoisotopic (exact) mass is 442 g/mol. The molecule has 2 amide bonds. The Bertz CT molecular complexity index is 1190. The maximum Gasteiger partial charge on any atom is 0.253 e. The van der Waals surface area contributed by atoms with Crippen molar-refractivity contribution in [3.63, 3.8) is 0 Å². The number of carbonyl (C=O) groups is 2. The Balaban J connectivity index is 1.35. The fourth-order valence-corrected chi connectivity index (χ4v) is 4.03. The highest BCUT2D eigenvalue weighted by molar-refractivity contribution is 7.13. The van der Waals surface area contributed by atoms with Crippen molar-refractivity contribution in [2.75, 3.05) is 11.9 Å². The molecule has 6 nitrogen and oxygen atoms in total. The molecule has 0 bridgehead atoms. The molecule has 7 heteroatoms. The molecule has 0 aliphatic carbocycles. The van der Waals surface area contributed by atoms with Crippen molar-refractivity contribution in [2.45, 2.75) is 12.8 Å². The van der Waals surface area contributed by atoms with Crippen molar-refractivity contribution in [3.8, 4) is 10.6 Å². The van der Waals surface area contributed by atoms with E-state index in [2.05, 4.69) is 20.6 Å². The summed E-state index contributed by atoms with van der Waals surface area (Å²) in [4.78, 5) is 33.9. The van der Waals surface area contributed by atoms with Gasteiger partial charge in [0.05, 0.1) is 23.4 Å². The topological polar surface area (TPSA) is 84.0 Å². The van der Waals surface area contributed by atoms with Crippen LogP contribution >= 0.6 is 11.3 Å². The molecule has 0 spiro atoms. The largest absolute Gasteiger partial charge is 0.352 e. The molecule has 2 heterocycles. The van der Waals surface area contributed by atoms with Gasteiger partial charge in [-0.05, 0) is 36.2 Å². The maximum atomic E-state index is 12.7. The third-order valence-corrected chi connectivity index (χ3v) is 5.73. The summed E-state index contributed by atoms with van der Waals surface area (Å²) in [5, 5.41) is 8.46. The first-order valence-electron chi connectivity index (χ1n) is 10.2. The van der Waals surface area contributed by atoms with Gasteiger partial charge in [-0.15, -0.1) is 11.3 Å². The van der Waals surface area contributed by atoms with E-state index in [1.807, 2.05) is 47.8 Å². The van der Waals surface area contributed by atoms with Gasteiger partial charge in [-0.1, -0.05) is 42.5 Å². The van der Waals surface area contributed by atoms with Gasteiger partial charge in [0.25, 0.3) is 5.91 Å². The first-order chi connectivity index (χ1) is 15.7. The van der Waals surface area contributed by atoms with E-state index in [0.717, 1.165) is 22.6 Å². The number of benzene rings is 2. The van der Waals surface area contributed by atoms with Crippen LogP contribution < -0.4 is 10.6 Å². The summed E-state index contributed by atoms with van der Waals surface area (Å²) >= 11 is 1.47. The number of anilines is 1. The molecule has 160 valence electrons. The molecule has 4 rings (SSSR count). The zero-order valence-corrected chi connectivity index (χ0v) is 18.1. The van der Waals surface area contributed by atoms with Crippen LogP contribution in [0.1, 0.15) is 21.6 Å². The van der Waals surface area contributed by atoms with Gasteiger partial charge in [0.15, 0.2) is 0 Å². The van der Waals surface area contributed by atoms with E-state index < -0.39 is 0 Å². The van der Waals surface area contributed by atoms with Crippen LogP contribution in [0.2, 0.25) is 0 Å². The van der Waals surface area contributed by atoms with Crippen molar-refractivity contribution in [3.05, 3.63) is 101 Å². The lowest BCUT2D eigenvalue weighted by molar-refractivity contribution is -0.115. The third kappa shape index (κ3) is 5.65. The Hall–Kier alpha value is -3.84. The normalized spacial score (nSPS) is 10.5. The van der Waals surface area contributed by atoms with Crippen LogP contribution in [0, 0.1) is 0 Å². The third-order valence-electron chi connectivity index (χ3n) is 4.79. The second kappa shape index (κ2) is 10.5. The number of pyridine rings is 1. The smallest absolute Gasteiger partial charge is 0.253 e. The molecule has 0 saturated heterocycles. The van der Waals surface area contributed by atoms with Crippen LogP contribution in [0.4, 0.5) is 5.69 Å². The Morgan fingerprint density at radius 1 is 0.938 bits per heavy atom. The van der Waals surface area contributed by atoms with Crippen molar-refractivity contribution in [2.24, 2.45) is 0 Å². The maximum absolute atomic E-state index is 12.7. The number of hydrogen-bond acceptors (Lipinski definition) is 5. The van der Waals surface area contributed by atoms with E-state index in [1.165, 1.54) is 11.3 Å². The summed E-state index contributed by atoms with van der Waals surface area (Å²) in [6.07, 6.45) is 4.32. The zero-order valence-electron chi connectivity index (χ0n) is 17.3. The van der Waals surface area contributed by atoms with Crippen molar-refractivity contribution < 1.29 is 9.59 Å². The van der Waals surface area contributed by atoms with Gasteiger partial charge in [-0.3, -0.25) is 14.6 Å². The first kappa shape index (κ1) is 21.4. The molecule has 32 heavy (non-hydrogen) atoms. The van der Waals surface area contributed by atoms with E-state index in [4.69, 9.17) is 0 Å². The molecule has 2 aromatic heterocycles. The Labute approximate surface area is 190 Å². The summed E-state index contributed by atoms with van der Waals surface area (Å²) in [5.74, 6) is -0.443. The Morgan fingerprint density at radius 3 is 2.56 bits per heavy atom. The van der Waals surface area contributed by atoms with Gasteiger partial charge in [-0.25, -0.2) is 4.98 Å². The minimum absolute atomic E-state index is 0.126. The number of hydrogen-bond donors (Lipinski definition) is 2. The second-order valence-corrected chi connectivity index (χ2v) is 8.01. The number of nitrogens with one attached hydrogen (secondary N) is 2. The number of carbonyl (C=O) groups excluding carboxylic acids is 2. The Kier molecular flexibility index (Phi) is 6.99. The molecule has 0 aliphatic rings.